The van der Waals surface area contributed by atoms with Gasteiger partial charge in [-0.3, -0.25) is 4.79 Å². The van der Waals surface area contributed by atoms with Gasteiger partial charge in [-0.05, 0) is 29.8 Å². The van der Waals surface area contributed by atoms with Gasteiger partial charge in [0.2, 0.25) is 11.1 Å². The molecule has 3 aromatic carbocycles. The van der Waals surface area contributed by atoms with Crippen LogP contribution in [0.2, 0.25) is 10.0 Å². The Morgan fingerprint density at radius 1 is 0.935 bits per heavy atom. The second-order valence-electron chi connectivity index (χ2n) is 6.65. The monoisotopic (exact) mass is 468 g/mol. The lowest BCUT2D eigenvalue weighted by Gasteiger charge is -2.05. The van der Waals surface area contributed by atoms with E-state index in [1.807, 2.05) is 66.7 Å². The summed E-state index contributed by atoms with van der Waals surface area (Å²) >= 11 is 13.2. The molecule has 156 valence electrons. The summed E-state index contributed by atoms with van der Waals surface area (Å²) in [5.41, 5.74) is 2.74. The van der Waals surface area contributed by atoms with E-state index in [4.69, 9.17) is 23.2 Å². The summed E-state index contributed by atoms with van der Waals surface area (Å²) in [6, 6.07) is 24.9. The third kappa shape index (κ3) is 5.47. The quantitative estimate of drug-likeness (QED) is 0.356. The van der Waals surface area contributed by atoms with Gasteiger partial charge < -0.3 is 5.32 Å². The first-order valence-electron chi connectivity index (χ1n) is 9.51. The molecule has 0 aliphatic rings. The predicted molar refractivity (Wildman–Crippen MR) is 126 cm³/mol. The van der Waals surface area contributed by atoms with Crippen molar-refractivity contribution in [2.24, 2.45) is 0 Å². The Bertz CT molecular complexity index is 1130. The largest absolute Gasteiger partial charge is 0.351 e. The molecule has 0 radical (unpaired) electrons. The van der Waals surface area contributed by atoms with Gasteiger partial charge in [0.25, 0.3) is 0 Å². The first-order valence-corrected chi connectivity index (χ1v) is 11.3. The highest BCUT2D eigenvalue weighted by Gasteiger charge is 2.15. The molecule has 5 nitrogen and oxygen atoms in total. The average Bonchev–Trinajstić information content (AvgIpc) is 3.24. The van der Waals surface area contributed by atoms with E-state index in [0.717, 1.165) is 22.6 Å². The minimum absolute atomic E-state index is 0.117. The number of carbonyl (C=O) groups excluding carboxylic acids is 1. The normalized spacial score (nSPS) is 10.8. The summed E-state index contributed by atoms with van der Waals surface area (Å²) in [5, 5.41) is 8.99. The minimum atomic E-state index is -0.117. The third-order valence-electron chi connectivity index (χ3n) is 4.43. The van der Waals surface area contributed by atoms with Crippen LogP contribution in [-0.2, 0) is 11.3 Å². The Hall–Kier alpha value is -2.80. The van der Waals surface area contributed by atoms with E-state index in [1.165, 1.54) is 11.8 Å². The van der Waals surface area contributed by atoms with Crippen LogP contribution in [0.15, 0.2) is 84.0 Å². The van der Waals surface area contributed by atoms with Crippen molar-refractivity contribution >= 4 is 40.9 Å². The fraction of sp³-hybridized carbons (Fsp3) is 0.0870. The number of carbonyl (C=O) groups is 1. The van der Waals surface area contributed by atoms with Gasteiger partial charge in [-0.25, -0.2) is 9.67 Å². The smallest absolute Gasteiger partial charge is 0.230 e. The zero-order chi connectivity index (χ0) is 21.6. The number of nitrogens with zero attached hydrogens (tertiary/aromatic N) is 3. The second-order valence-corrected chi connectivity index (χ2v) is 8.40. The molecule has 4 rings (SSSR count). The summed E-state index contributed by atoms with van der Waals surface area (Å²) in [6.45, 7) is 0.372. The Kier molecular flexibility index (Phi) is 6.92. The molecular weight excluding hydrogens is 451 g/mol. The van der Waals surface area contributed by atoms with Gasteiger partial charge >= 0.3 is 0 Å². The molecule has 0 fully saturated rings. The number of rotatable bonds is 7. The van der Waals surface area contributed by atoms with Gasteiger partial charge in [-0.15, -0.1) is 5.10 Å². The van der Waals surface area contributed by atoms with Crippen molar-refractivity contribution in [3.8, 4) is 17.1 Å². The molecule has 0 spiro atoms. The number of aromatic nitrogens is 3. The van der Waals surface area contributed by atoms with E-state index in [-0.39, 0.29) is 11.7 Å². The van der Waals surface area contributed by atoms with E-state index < -0.39 is 0 Å². The molecule has 0 saturated heterocycles. The molecule has 1 aromatic heterocycles. The number of halogens is 2. The maximum absolute atomic E-state index is 12.3. The highest BCUT2D eigenvalue weighted by Crippen LogP contribution is 2.25. The van der Waals surface area contributed by atoms with Crippen molar-refractivity contribution < 1.29 is 4.79 Å². The highest BCUT2D eigenvalue weighted by atomic mass is 35.5. The molecule has 1 heterocycles. The molecule has 0 saturated carbocycles. The lowest BCUT2D eigenvalue weighted by atomic mass is 10.2. The van der Waals surface area contributed by atoms with Crippen molar-refractivity contribution in [3.05, 3.63) is 94.5 Å². The van der Waals surface area contributed by atoms with Crippen LogP contribution in [0, 0.1) is 0 Å². The van der Waals surface area contributed by atoms with Crippen LogP contribution in [0.4, 0.5) is 0 Å². The minimum Gasteiger partial charge on any atom is -0.351 e. The Morgan fingerprint density at radius 2 is 1.65 bits per heavy atom. The first-order chi connectivity index (χ1) is 15.1. The predicted octanol–water partition coefficient (Wildman–Crippen LogP) is 5.65. The number of amides is 1. The molecule has 0 unspecified atom stereocenters. The third-order valence-corrected chi connectivity index (χ3v) is 6.00. The number of benzene rings is 3. The van der Waals surface area contributed by atoms with E-state index in [9.17, 15) is 4.79 Å². The van der Waals surface area contributed by atoms with E-state index in [0.29, 0.717) is 21.7 Å². The average molecular weight is 469 g/mol. The van der Waals surface area contributed by atoms with E-state index in [2.05, 4.69) is 15.4 Å². The first kappa shape index (κ1) is 21.4. The Morgan fingerprint density at radius 3 is 2.35 bits per heavy atom. The zero-order valence-corrected chi connectivity index (χ0v) is 18.7. The maximum Gasteiger partial charge on any atom is 0.230 e. The Balaban J connectivity index is 1.45. The molecule has 0 bridgehead atoms. The molecule has 0 aliphatic heterocycles. The summed E-state index contributed by atoms with van der Waals surface area (Å²) in [4.78, 5) is 17.0. The van der Waals surface area contributed by atoms with Crippen LogP contribution in [0.1, 0.15) is 5.56 Å². The number of thioether (sulfide) groups is 1. The Labute approximate surface area is 194 Å². The van der Waals surface area contributed by atoms with Crippen LogP contribution in [-0.4, -0.2) is 26.4 Å². The highest BCUT2D eigenvalue weighted by molar-refractivity contribution is 7.99. The van der Waals surface area contributed by atoms with Crippen LogP contribution >= 0.6 is 35.0 Å². The van der Waals surface area contributed by atoms with Crippen LogP contribution in [0.5, 0.6) is 0 Å². The van der Waals surface area contributed by atoms with Crippen molar-refractivity contribution in [2.75, 3.05) is 5.75 Å². The van der Waals surface area contributed by atoms with Gasteiger partial charge in [-0.1, -0.05) is 89.6 Å². The van der Waals surface area contributed by atoms with Gasteiger partial charge in [0.1, 0.15) is 0 Å². The molecule has 8 heteroatoms. The van der Waals surface area contributed by atoms with Gasteiger partial charge in [0.15, 0.2) is 5.82 Å². The van der Waals surface area contributed by atoms with Gasteiger partial charge in [0, 0.05) is 12.1 Å². The fourth-order valence-corrected chi connectivity index (χ4v) is 3.88. The molecule has 1 N–H and O–H groups in total. The molecule has 4 aromatic rings. The number of nitrogens with one attached hydrogen (secondary N) is 1. The SMILES string of the molecule is O=C(CSc1nc(-c2ccccc2)n(-c2ccccc2)n1)NCc1ccc(Cl)c(Cl)c1. The molecular formula is C23H18Cl2N4OS. The number of hydrogen-bond acceptors (Lipinski definition) is 4. The summed E-state index contributed by atoms with van der Waals surface area (Å²) in [6.07, 6.45) is 0. The van der Waals surface area contributed by atoms with E-state index >= 15 is 0 Å². The van der Waals surface area contributed by atoms with Crippen molar-refractivity contribution in [1.82, 2.24) is 20.1 Å². The van der Waals surface area contributed by atoms with Gasteiger partial charge in [-0.2, -0.15) is 0 Å². The standard InChI is InChI=1S/C23H18Cl2N4OS/c24-19-12-11-16(13-20(19)25)14-26-21(30)15-31-23-27-22(17-7-3-1-4-8-17)29(28-23)18-9-5-2-6-10-18/h1-13H,14-15H2,(H,26,30). The van der Waals surface area contributed by atoms with E-state index in [1.54, 1.807) is 16.8 Å². The number of hydrogen-bond donors (Lipinski definition) is 1. The van der Waals surface area contributed by atoms with Crippen molar-refractivity contribution in [2.45, 2.75) is 11.7 Å². The number of para-hydroxylation sites is 1. The summed E-state index contributed by atoms with van der Waals surface area (Å²) in [7, 11) is 0. The second kappa shape index (κ2) is 10.0. The summed E-state index contributed by atoms with van der Waals surface area (Å²) in [5.74, 6) is 0.813. The van der Waals surface area contributed by atoms with Crippen LogP contribution < -0.4 is 5.32 Å². The molecule has 31 heavy (non-hydrogen) atoms. The molecule has 1 amide bonds. The lowest BCUT2D eigenvalue weighted by molar-refractivity contribution is -0.118. The molecule has 0 aliphatic carbocycles. The van der Waals surface area contributed by atoms with Crippen molar-refractivity contribution in [3.63, 3.8) is 0 Å². The summed E-state index contributed by atoms with van der Waals surface area (Å²) < 4.78 is 1.80. The lowest BCUT2D eigenvalue weighted by Crippen LogP contribution is -2.24. The maximum atomic E-state index is 12.3. The molecule has 0 atom stereocenters. The zero-order valence-electron chi connectivity index (χ0n) is 16.3. The topological polar surface area (TPSA) is 59.8 Å². The van der Waals surface area contributed by atoms with Crippen LogP contribution in [0.25, 0.3) is 17.1 Å². The fourth-order valence-electron chi connectivity index (χ4n) is 2.91. The van der Waals surface area contributed by atoms with Gasteiger partial charge in [0.05, 0.1) is 21.5 Å². The van der Waals surface area contributed by atoms with Crippen LogP contribution in [0.3, 0.4) is 0 Å². The van der Waals surface area contributed by atoms with Crippen molar-refractivity contribution in [1.29, 1.82) is 0 Å².